The predicted octanol–water partition coefficient (Wildman–Crippen LogP) is 4.98. The van der Waals surface area contributed by atoms with Crippen molar-refractivity contribution in [3.63, 3.8) is 0 Å². The van der Waals surface area contributed by atoms with Crippen LogP contribution in [-0.4, -0.2) is 82.0 Å². The Labute approximate surface area is 244 Å². The van der Waals surface area contributed by atoms with Crippen molar-refractivity contribution in [1.82, 2.24) is 9.80 Å². The quantitative estimate of drug-likeness (QED) is 0.390. The Morgan fingerprint density at radius 3 is 2.38 bits per heavy atom. The van der Waals surface area contributed by atoms with E-state index in [9.17, 15) is 4.79 Å². The van der Waals surface area contributed by atoms with Crippen LogP contribution < -0.4 is 30.7 Å². The Morgan fingerprint density at radius 2 is 1.77 bits per heavy atom. The maximum Gasteiger partial charge on any atom is 0.327 e. The minimum atomic E-state index is -0.504. The predicted molar refractivity (Wildman–Crippen MR) is 164 cm³/mol. The van der Waals surface area contributed by atoms with Gasteiger partial charge in [0.05, 0.1) is 31.3 Å². The van der Waals surface area contributed by atoms with Crippen molar-refractivity contribution in [3.05, 3.63) is 46.2 Å². The van der Waals surface area contributed by atoms with Crippen molar-refractivity contribution < 1.29 is 14.3 Å². The highest BCUT2D eigenvalue weighted by Gasteiger charge is 2.23. The van der Waals surface area contributed by atoms with E-state index in [0.29, 0.717) is 35.3 Å². The third-order valence-corrected chi connectivity index (χ3v) is 7.61. The van der Waals surface area contributed by atoms with Gasteiger partial charge in [0.25, 0.3) is 0 Å². The van der Waals surface area contributed by atoms with E-state index in [1.54, 1.807) is 13.1 Å². The number of piperazine rings is 1. The van der Waals surface area contributed by atoms with Gasteiger partial charge in [0.2, 0.25) is 0 Å². The summed E-state index contributed by atoms with van der Waals surface area (Å²) in [5.41, 5.74) is 9.02. The molecule has 0 aromatic heterocycles. The van der Waals surface area contributed by atoms with Crippen LogP contribution in [0.5, 0.6) is 11.5 Å². The highest BCUT2D eigenvalue weighted by molar-refractivity contribution is 6.41. The van der Waals surface area contributed by atoms with Gasteiger partial charge < -0.3 is 35.6 Å². The van der Waals surface area contributed by atoms with E-state index in [2.05, 4.69) is 43.4 Å². The van der Waals surface area contributed by atoms with Crippen LogP contribution in [0, 0.1) is 0 Å². The molecule has 0 aliphatic carbocycles. The number of anilines is 4. The molecule has 1 saturated heterocycles. The third kappa shape index (κ3) is 6.55. The summed E-state index contributed by atoms with van der Waals surface area (Å²) in [5.74, 6) is 1.64. The molecule has 0 radical (unpaired) electrons. The molecule has 214 valence electrons. The fourth-order valence-corrected chi connectivity index (χ4v) is 4.98. The Hall–Kier alpha value is -3.67. The van der Waals surface area contributed by atoms with Crippen LogP contribution in [-0.2, 0) is 0 Å². The smallest absolute Gasteiger partial charge is 0.327 e. The normalized spacial score (nSPS) is 15.6. The zero-order valence-corrected chi connectivity index (χ0v) is 24.5. The average Bonchev–Trinajstić information content (AvgIpc) is 3.21. The zero-order chi connectivity index (χ0) is 28.8. The second-order valence-electron chi connectivity index (χ2n) is 9.17. The number of halogens is 2. The number of amides is 2. The lowest BCUT2D eigenvalue weighted by Crippen LogP contribution is -2.46. The number of hydrogen-bond donors (Lipinski definition) is 3. The van der Waals surface area contributed by atoms with Gasteiger partial charge in [-0.2, -0.15) is 0 Å². The lowest BCUT2D eigenvalue weighted by molar-refractivity contribution is 0.239. The summed E-state index contributed by atoms with van der Waals surface area (Å²) < 4.78 is 10.5. The summed E-state index contributed by atoms with van der Waals surface area (Å²) in [6.45, 7) is 7.29. The molecule has 0 bridgehead atoms. The molecule has 0 spiro atoms. The highest BCUT2D eigenvalue weighted by atomic mass is 35.5. The number of rotatable bonds is 7. The Balaban J connectivity index is 1.40. The number of nitrogens with one attached hydrogen (secondary N) is 2. The number of amidine groups is 1. The summed E-state index contributed by atoms with van der Waals surface area (Å²) in [6.07, 6.45) is 3.55. The molecule has 2 aromatic rings. The molecular formula is C27H34Cl2N8O3. The van der Waals surface area contributed by atoms with Gasteiger partial charge in [0.15, 0.2) is 0 Å². The fraction of sp³-hybridized carbons (Fsp3) is 0.370. The van der Waals surface area contributed by atoms with Gasteiger partial charge in [-0.15, -0.1) is 0 Å². The molecule has 0 unspecified atom stereocenters. The first-order chi connectivity index (χ1) is 19.2. The molecule has 11 nitrogen and oxygen atoms in total. The Kier molecular flexibility index (Phi) is 9.62. The van der Waals surface area contributed by atoms with Crippen LogP contribution in [0.2, 0.25) is 10.0 Å². The number of carbonyl (C=O) groups excluding carboxylic acids is 1. The number of nitrogens with zero attached hydrogens (tertiary/aromatic N) is 5. The van der Waals surface area contributed by atoms with E-state index in [4.69, 9.17) is 38.4 Å². The molecule has 4 rings (SSSR count). The molecule has 4 N–H and O–H groups in total. The molecule has 2 aliphatic rings. The molecule has 0 saturated carbocycles. The van der Waals surface area contributed by atoms with Crippen LogP contribution in [0.25, 0.3) is 0 Å². The van der Waals surface area contributed by atoms with Crippen LogP contribution >= 0.6 is 23.2 Å². The molecule has 2 aliphatic heterocycles. The number of urea groups is 1. The van der Waals surface area contributed by atoms with Gasteiger partial charge in [-0.05, 0) is 30.8 Å². The number of likely N-dealkylation sites (N-methyl/N-ethyl adjacent to an activating group) is 1. The van der Waals surface area contributed by atoms with Gasteiger partial charge in [-0.1, -0.05) is 30.1 Å². The van der Waals surface area contributed by atoms with Gasteiger partial charge in [-0.3, -0.25) is 4.90 Å². The van der Waals surface area contributed by atoms with Gasteiger partial charge in [-0.25, -0.2) is 14.8 Å². The number of ether oxygens (including phenoxy) is 2. The molecule has 40 heavy (non-hydrogen) atoms. The fourth-order valence-electron chi connectivity index (χ4n) is 4.38. The maximum atomic E-state index is 13.1. The maximum absolute atomic E-state index is 13.1. The summed E-state index contributed by atoms with van der Waals surface area (Å²) in [6, 6.07) is 7.04. The zero-order valence-electron chi connectivity index (χ0n) is 23.0. The van der Waals surface area contributed by atoms with Crippen molar-refractivity contribution in [1.29, 1.82) is 0 Å². The van der Waals surface area contributed by atoms with Gasteiger partial charge in [0.1, 0.15) is 39.5 Å². The van der Waals surface area contributed by atoms with E-state index < -0.39 is 6.03 Å². The molecule has 0 atom stereocenters. The Morgan fingerprint density at radius 1 is 1.10 bits per heavy atom. The van der Waals surface area contributed by atoms with Crippen LogP contribution in [0.4, 0.5) is 27.5 Å². The van der Waals surface area contributed by atoms with Crippen molar-refractivity contribution in [2.45, 2.75) is 13.3 Å². The molecule has 13 heteroatoms. The lowest BCUT2D eigenvalue weighted by atomic mass is 10.2. The van der Waals surface area contributed by atoms with Crippen LogP contribution in [0.15, 0.2) is 46.1 Å². The van der Waals surface area contributed by atoms with Crippen molar-refractivity contribution in [3.8, 4) is 11.5 Å². The third-order valence-electron chi connectivity index (χ3n) is 6.86. The number of hydrogen-bond acceptors (Lipinski definition) is 9. The Bertz CT molecular complexity index is 1310. The average molecular weight is 590 g/mol. The molecule has 1 fully saturated rings. The summed E-state index contributed by atoms with van der Waals surface area (Å²) >= 11 is 12.8. The van der Waals surface area contributed by atoms with Gasteiger partial charge in [0, 0.05) is 51.4 Å². The van der Waals surface area contributed by atoms with E-state index in [1.807, 2.05) is 18.2 Å². The number of aliphatic imine (C=N–C) groups is 2. The topological polar surface area (TPSA) is 120 Å². The molecule has 2 aromatic carbocycles. The minimum Gasteiger partial charge on any atom is -0.495 e. The minimum absolute atomic E-state index is 0.151. The molecule has 2 heterocycles. The lowest BCUT2D eigenvalue weighted by Gasteiger charge is -2.35. The van der Waals surface area contributed by atoms with E-state index in [-0.39, 0.29) is 15.7 Å². The van der Waals surface area contributed by atoms with E-state index in [1.165, 1.54) is 25.5 Å². The number of carbonyl (C=O) groups is 1. The van der Waals surface area contributed by atoms with Crippen LogP contribution in [0.1, 0.15) is 13.3 Å². The summed E-state index contributed by atoms with van der Waals surface area (Å²) in [7, 11) is 4.51. The number of nitrogen functional groups attached to an aromatic ring is 1. The largest absolute Gasteiger partial charge is 0.495 e. The molecular weight excluding hydrogens is 555 g/mol. The first-order valence-corrected chi connectivity index (χ1v) is 13.6. The SMILES string of the molecule is CCN1CCN(c2ccc(NC3=CCC(N(C)C(=O)Nc4c(Cl)c(OC)cc(OC)c4Cl)=NC=N3)c(N)c2)CC1. The van der Waals surface area contributed by atoms with Crippen molar-refractivity contribution >= 4 is 64.2 Å². The van der Waals surface area contributed by atoms with Crippen molar-refractivity contribution in [2.75, 3.05) is 75.3 Å². The number of nitrogens with two attached hydrogens (primary N) is 1. The standard InChI is InChI=1S/C27H34Cl2N8O3/c1-5-36-10-12-37(13-11-36)17-6-7-19(18(30)14-17)33-22-8-9-23(32-16-31-22)35(2)27(38)34-26-24(28)20(39-3)15-21(40-4)25(26)29/h6-8,14-16,33H,5,9-13,30H2,1-4H3,(H,34,38). The number of benzene rings is 2. The number of methoxy groups -OCH3 is 2. The molecule has 2 amide bonds. The summed E-state index contributed by atoms with van der Waals surface area (Å²) in [4.78, 5) is 27.9. The second-order valence-corrected chi connectivity index (χ2v) is 9.93. The van der Waals surface area contributed by atoms with Crippen molar-refractivity contribution in [2.24, 2.45) is 9.98 Å². The summed E-state index contributed by atoms with van der Waals surface area (Å²) in [5, 5.41) is 6.28. The first kappa shape index (κ1) is 29.3. The van der Waals surface area contributed by atoms with Gasteiger partial charge >= 0.3 is 6.03 Å². The van der Waals surface area contributed by atoms with Crippen LogP contribution in [0.3, 0.4) is 0 Å². The van der Waals surface area contributed by atoms with E-state index in [0.717, 1.165) is 44.1 Å². The highest BCUT2D eigenvalue weighted by Crippen LogP contribution is 2.44. The monoisotopic (exact) mass is 588 g/mol. The first-order valence-electron chi connectivity index (χ1n) is 12.8. The second kappa shape index (κ2) is 13.1. The van der Waals surface area contributed by atoms with E-state index >= 15 is 0 Å².